The van der Waals surface area contributed by atoms with Crippen LogP contribution in [0, 0.1) is 0 Å². The van der Waals surface area contributed by atoms with Gasteiger partial charge in [0.25, 0.3) is 5.91 Å². The predicted molar refractivity (Wildman–Crippen MR) is 108 cm³/mol. The Morgan fingerprint density at radius 3 is 2.61 bits per heavy atom. The maximum Gasteiger partial charge on any atom is 0.251 e. The zero-order valence-corrected chi connectivity index (χ0v) is 16.1. The highest BCUT2D eigenvalue weighted by molar-refractivity contribution is 5.99. The fourth-order valence-corrected chi connectivity index (χ4v) is 4.01. The number of aromatic nitrogens is 2. The highest BCUT2D eigenvalue weighted by Crippen LogP contribution is 2.30. The predicted octanol–water partition coefficient (Wildman–Crippen LogP) is 4.10. The number of aryl methyl sites for hydroxylation is 2. The summed E-state index contributed by atoms with van der Waals surface area (Å²) in [5, 5.41) is 7.36. The smallest absolute Gasteiger partial charge is 0.251 e. The molecule has 1 aliphatic carbocycles. The normalized spacial score (nSPS) is 15.7. The standard InChI is InChI=1S/C23H23N3O2/c1-15(27)22-20(14-24-26(22)2)17-10-12-18(13-11-17)23(28)25-21-9-5-7-16-6-3-4-8-19(16)21/h3-4,6,8,10-14,21H,5,7,9H2,1-2H3,(H,25,28). The average molecular weight is 373 g/mol. The van der Waals surface area contributed by atoms with E-state index in [9.17, 15) is 9.59 Å². The first kappa shape index (κ1) is 18.2. The van der Waals surface area contributed by atoms with Crippen LogP contribution in [0.1, 0.15) is 57.8 Å². The van der Waals surface area contributed by atoms with E-state index in [4.69, 9.17) is 0 Å². The van der Waals surface area contributed by atoms with Crippen molar-refractivity contribution in [3.63, 3.8) is 0 Å². The summed E-state index contributed by atoms with van der Waals surface area (Å²) in [5.74, 6) is -0.112. The van der Waals surface area contributed by atoms with Crippen LogP contribution in [0.4, 0.5) is 0 Å². The van der Waals surface area contributed by atoms with Gasteiger partial charge in [0.2, 0.25) is 0 Å². The lowest BCUT2D eigenvalue weighted by Crippen LogP contribution is -2.30. The topological polar surface area (TPSA) is 64.0 Å². The zero-order valence-electron chi connectivity index (χ0n) is 16.1. The van der Waals surface area contributed by atoms with Gasteiger partial charge in [0.1, 0.15) is 5.69 Å². The molecule has 3 aromatic rings. The van der Waals surface area contributed by atoms with Crippen molar-refractivity contribution >= 4 is 11.7 Å². The molecule has 1 amide bonds. The Bertz CT molecular complexity index is 1030. The molecule has 0 aliphatic heterocycles. The summed E-state index contributed by atoms with van der Waals surface area (Å²) in [7, 11) is 1.75. The highest BCUT2D eigenvalue weighted by Gasteiger charge is 2.22. The minimum absolute atomic E-state index is 0.0345. The first-order valence-corrected chi connectivity index (χ1v) is 9.56. The van der Waals surface area contributed by atoms with Crippen molar-refractivity contribution < 1.29 is 9.59 Å². The number of hydrogen-bond donors (Lipinski definition) is 1. The van der Waals surface area contributed by atoms with Gasteiger partial charge in [-0.05, 0) is 48.1 Å². The Hall–Kier alpha value is -3.21. The van der Waals surface area contributed by atoms with E-state index in [0.717, 1.165) is 30.4 Å². The molecule has 1 heterocycles. The third-order valence-electron chi connectivity index (χ3n) is 5.41. The number of carbonyl (C=O) groups is 2. The van der Waals surface area contributed by atoms with Crippen molar-refractivity contribution in [1.29, 1.82) is 0 Å². The second kappa shape index (κ2) is 7.43. The molecule has 0 radical (unpaired) electrons. The third-order valence-corrected chi connectivity index (χ3v) is 5.41. The minimum atomic E-state index is -0.0776. The van der Waals surface area contributed by atoms with E-state index >= 15 is 0 Å². The number of Topliss-reactive ketones (excluding diaryl/α,β-unsaturated/α-hetero) is 1. The summed E-state index contributed by atoms with van der Waals surface area (Å²) in [5.41, 5.74) is 5.38. The molecule has 0 fully saturated rings. The average Bonchev–Trinajstić information content (AvgIpc) is 3.10. The Labute approximate surface area is 164 Å². The fraction of sp³-hybridized carbons (Fsp3) is 0.261. The van der Waals surface area contributed by atoms with E-state index in [1.807, 2.05) is 18.2 Å². The largest absolute Gasteiger partial charge is 0.345 e. The molecule has 1 atom stereocenters. The summed E-state index contributed by atoms with van der Waals surface area (Å²) < 4.78 is 1.58. The monoisotopic (exact) mass is 373 g/mol. The van der Waals surface area contributed by atoms with Gasteiger partial charge in [-0.25, -0.2) is 0 Å². The van der Waals surface area contributed by atoms with Crippen LogP contribution in [-0.4, -0.2) is 21.5 Å². The molecule has 2 aromatic carbocycles. The summed E-state index contributed by atoms with van der Waals surface area (Å²) in [6, 6.07) is 15.7. The van der Waals surface area contributed by atoms with E-state index in [-0.39, 0.29) is 17.7 Å². The number of nitrogens with zero attached hydrogens (tertiary/aromatic N) is 2. The number of hydrogen-bond acceptors (Lipinski definition) is 3. The second-order valence-corrected chi connectivity index (χ2v) is 7.28. The van der Waals surface area contributed by atoms with Gasteiger partial charge in [-0.15, -0.1) is 0 Å². The molecule has 5 nitrogen and oxygen atoms in total. The van der Waals surface area contributed by atoms with Crippen LogP contribution >= 0.6 is 0 Å². The van der Waals surface area contributed by atoms with Crippen LogP contribution < -0.4 is 5.32 Å². The summed E-state index contributed by atoms with van der Waals surface area (Å²) in [6.07, 6.45) is 4.79. The van der Waals surface area contributed by atoms with Crippen LogP contribution in [0.3, 0.4) is 0 Å². The number of rotatable bonds is 4. The van der Waals surface area contributed by atoms with Crippen molar-refractivity contribution in [1.82, 2.24) is 15.1 Å². The zero-order chi connectivity index (χ0) is 19.7. The Kier molecular flexibility index (Phi) is 4.82. The first-order valence-electron chi connectivity index (χ1n) is 9.56. The van der Waals surface area contributed by atoms with Crippen molar-refractivity contribution in [3.05, 3.63) is 77.1 Å². The van der Waals surface area contributed by atoms with E-state index in [1.165, 1.54) is 18.1 Å². The van der Waals surface area contributed by atoms with Gasteiger partial charge in [-0.1, -0.05) is 36.4 Å². The molecule has 1 aromatic heterocycles. The lowest BCUT2D eigenvalue weighted by atomic mass is 9.87. The van der Waals surface area contributed by atoms with Gasteiger partial charge in [-0.2, -0.15) is 5.10 Å². The SMILES string of the molecule is CC(=O)c1c(-c2ccc(C(=O)NC3CCCc4ccccc43)cc2)cnn1C. The van der Waals surface area contributed by atoms with Crippen molar-refractivity contribution in [2.24, 2.45) is 7.05 Å². The summed E-state index contributed by atoms with van der Waals surface area (Å²) >= 11 is 0. The minimum Gasteiger partial charge on any atom is -0.345 e. The van der Waals surface area contributed by atoms with Crippen molar-refractivity contribution in [3.8, 4) is 11.1 Å². The first-order chi connectivity index (χ1) is 13.5. The quantitative estimate of drug-likeness (QED) is 0.701. The Balaban J connectivity index is 1.54. The molecule has 5 heteroatoms. The number of nitrogens with one attached hydrogen (secondary N) is 1. The lowest BCUT2D eigenvalue weighted by Gasteiger charge is -2.26. The molecule has 1 unspecified atom stereocenters. The fourth-order valence-electron chi connectivity index (χ4n) is 4.01. The molecule has 28 heavy (non-hydrogen) atoms. The van der Waals surface area contributed by atoms with Crippen LogP contribution in [-0.2, 0) is 13.5 Å². The van der Waals surface area contributed by atoms with E-state index in [0.29, 0.717) is 11.3 Å². The maximum absolute atomic E-state index is 12.8. The lowest BCUT2D eigenvalue weighted by molar-refractivity contribution is 0.0931. The van der Waals surface area contributed by atoms with Gasteiger partial charge in [0.05, 0.1) is 12.2 Å². The number of amides is 1. The molecule has 0 saturated heterocycles. The van der Waals surface area contributed by atoms with E-state index in [1.54, 1.807) is 30.1 Å². The van der Waals surface area contributed by atoms with Crippen LogP contribution in [0.5, 0.6) is 0 Å². The maximum atomic E-state index is 12.8. The molecule has 0 bridgehead atoms. The Morgan fingerprint density at radius 2 is 1.86 bits per heavy atom. The molecule has 0 saturated carbocycles. The van der Waals surface area contributed by atoms with Gasteiger partial charge in [-0.3, -0.25) is 14.3 Å². The van der Waals surface area contributed by atoms with Crippen LogP contribution in [0.2, 0.25) is 0 Å². The van der Waals surface area contributed by atoms with E-state index < -0.39 is 0 Å². The molecular weight excluding hydrogens is 350 g/mol. The van der Waals surface area contributed by atoms with Gasteiger partial charge < -0.3 is 5.32 Å². The van der Waals surface area contributed by atoms with Crippen LogP contribution in [0.25, 0.3) is 11.1 Å². The second-order valence-electron chi connectivity index (χ2n) is 7.28. The van der Waals surface area contributed by atoms with Crippen molar-refractivity contribution in [2.45, 2.75) is 32.2 Å². The van der Waals surface area contributed by atoms with Gasteiger partial charge in [0, 0.05) is 25.1 Å². The highest BCUT2D eigenvalue weighted by atomic mass is 16.1. The molecule has 1 aliphatic rings. The number of benzene rings is 2. The number of fused-ring (bicyclic) bond motifs is 1. The summed E-state index contributed by atoms with van der Waals surface area (Å²) in [6.45, 7) is 1.53. The van der Waals surface area contributed by atoms with Gasteiger partial charge in [0.15, 0.2) is 5.78 Å². The van der Waals surface area contributed by atoms with Crippen LogP contribution in [0.15, 0.2) is 54.7 Å². The molecular formula is C23H23N3O2. The Morgan fingerprint density at radius 1 is 1.11 bits per heavy atom. The third kappa shape index (κ3) is 3.36. The molecule has 0 spiro atoms. The molecule has 4 rings (SSSR count). The van der Waals surface area contributed by atoms with E-state index in [2.05, 4.69) is 28.6 Å². The molecule has 142 valence electrons. The number of carbonyl (C=O) groups excluding carboxylic acids is 2. The number of ketones is 1. The molecule has 1 N–H and O–H groups in total. The van der Waals surface area contributed by atoms with Gasteiger partial charge >= 0.3 is 0 Å². The summed E-state index contributed by atoms with van der Waals surface area (Å²) in [4.78, 5) is 24.7. The van der Waals surface area contributed by atoms with Crippen molar-refractivity contribution in [2.75, 3.05) is 0 Å².